The second-order valence-corrected chi connectivity index (χ2v) is 6.84. The minimum Gasteiger partial charge on any atom is -0.327 e. The number of anilines is 5. The molecule has 3 aromatic rings. The van der Waals surface area contributed by atoms with E-state index in [4.69, 9.17) is 4.98 Å². The third-order valence-electron chi connectivity index (χ3n) is 4.79. The predicted octanol–water partition coefficient (Wildman–Crippen LogP) is 4.19. The Kier molecular flexibility index (Phi) is 4.03. The molecule has 0 atom stereocenters. The Balaban J connectivity index is 1.79. The number of carbonyl (C=O) groups is 1. The lowest BCUT2D eigenvalue weighted by Gasteiger charge is -2.21. The second-order valence-electron chi connectivity index (χ2n) is 6.84. The molecule has 0 bridgehead atoms. The molecule has 2 aromatic carbocycles. The van der Waals surface area contributed by atoms with Crippen LogP contribution in [0.15, 0.2) is 48.7 Å². The molecule has 0 fully saturated rings. The van der Waals surface area contributed by atoms with Crippen LogP contribution in [0.5, 0.6) is 0 Å². The fraction of sp³-hybridized carbons (Fsp3) is 0.190. The van der Waals surface area contributed by atoms with Crippen LogP contribution in [0.25, 0.3) is 0 Å². The number of benzene rings is 2. The van der Waals surface area contributed by atoms with Gasteiger partial charge in [0.05, 0.1) is 17.4 Å². The Labute approximate surface area is 158 Å². The van der Waals surface area contributed by atoms with Crippen LogP contribution in [-0.4, -0.2) is 30.0 Å². The van der Waals surface area contributed by atoms with E-state index in [1.165, 1.54) is 5.56 Å². The van der Waals surface area contributed by atoms with Gasteiger partial charge < -0.3 is 15.1 Å². The van der Waals surface area contributed by atoms with Gasteiger partial charge in [0.1, 0.15) is 5.69 Å². The molecule has 136 valence electrons. The SMILES string of the molecule is Cc1ccc(Nc2ncc3c(n2)N(C)c2cc(C)ccc2C(=O)N3C)cc1. The van der Waals surface area contributed by atoms with Gasteiger partial charge in [-0.2, -0.15) is 4.98 Å². The van der Waals surface area contributed by atoms with Gasteiger partial charge >= 0.3 is 0 Å². The normalized spacial score (nSPS) is 13.1. The van der Waals surface area contributed by atoms with Crippen molar-refractivity contribution < 1.29 is 4.79 Å². The average Bonchev–Trinajstić information content (AvgIpc) is 2.74. The molecule has 0 saturated carbocycles. The molecule has 6 heteroatoms. The molecule has 0 unspecified atom stereocenters. The largest absolute Gasteiger partial charge is 0.327 e. The quantitative estimate of drug-likeness (QED) is 0.743. The van der Waals surface area contributed by atoms with Gasteiger partial charge in [-0.15, -0.1) is 0 Å². The van der Waals surface area contributed by atoms with Crippen LogP contribution in [-0.2, 0) is 0 Å². The number of nitrogens with zero attached hydrogens (tertiary/aromatic N) is 4. The molecule has 0 saturated heterocycles. The van der Waals surface area contributed by atoms with E-state index in [0.29, 0.717) is 23.0 Å². The molecular formula is C21H21N5O. The third-order valence-corrected chi connectivity index (χ3v) is 4.79. The van der Waals surface area contributed by atoms with Gasteiger partial charge in [0.25, 0.3) is 5.91 Å². The molecule has 1 amide bonds. The number of nitrogens with one attached hydrogen (secondary N) is 1. The fourth-order valence-electron chi connectivity index (χ4n) is 3.18. The van der Waals surface area contributed by atoms with Crippen molar-refractivity contribution in [3.63, 3.8) is 0 Å². The van der Waals surface area contributed by atoms with Crippen LogP contribution in [0.4, 0.5) is 28.8 Å². The van der Waals surface area contributed by atoms with Crippen LogP contribution in [0.1, 0.15) is 21.5 Å². The van der Waals surface area contributed by atoms with E-state index in [2.05, 4.69) is 10.3 Å². The summed E-state index contributed by atoms with van der Waals surface area (Å²) in [5, 5.41) is 3.23. The first-order chi connectivity index (χ1) is 12.9. The molecule has 0 aliphatic carbocycles. The van der Waals surface area contributed by atoms with Crippen molar-refractivity contribution >= 4 is 34.7 Å². The molecule has 27 heavy (non-hydrogen) atoms. The molecular weight excluding hydrogens is 338 g/mol. The highest BCUT2D eigenvalue weighted by Crippen LogP contribution is 2.38. The Morgan fingerprint density at radius 3 is 2.33 bits per heavy atom. The average molecular weight is 359 g/mol. The maximum absolute atomic E-state index is 12.9. The predicted molar refractivity (Wildman–Crippen MR) is 108 cm³/mol. The number of rotatable bonds is 2. The van der Waals surface area contributed by atoms with Crippen LogP contribution in [0.3, 0.4) is 0 Å². The highest BCUT2D eigenvalue weighted by Gasteiger charge is 2.29. The highest BCUT2D eigenvalue weighted by molar-refractivity contribution is 6.13. The number of fused-ring (bicyclic) bond motifs is 2. The number of aryl methyl sites for hydroxylation is 2. The lowest BCUT2D eigenvalue weighted by molar-refractivity contribution is 0.0994. The topological polar surface area (TPSA) is 61.4 Å². The van der Waals surface area contributed by atoms with Crippen molar-refractivity contribution in [2.45, 2.75) is 13.8 Å². The number of amides is 1. The van der Waals surface area contributed by atoms with Gasteiger partial charge in [0, 0.05) is 19.8 Å². The van der Waals surface area contributed by atoms with Gasteiger partial charge in [-0.25, -0.2) is 4.98 Å². The van der Waals surface area contributed by atoms with E-state index < -0.39 is 0 Å². The molecule has 1 aromatic heterocycles. The molecule has 2 heterocycles. The first-order valence-corrected chi connectivity index (χ1v) is 8.77. The van der Waals surface area contributed by atoms with Crippen molar-refractivity contribution in [2.75, 3.05) is 29.2 Å². The van der Waals surface area contributed by atoms with Crippen molar-refractivity contribution in [1.82, 2.24) is 9.97 Å². The molecule has 0 radical (unpaired) electrons. The lowest BCUT2D eigenvalue weighted by Crippen LogP contribution is -2.25. The van der Waals surface area contributed by atoms with Gasteiger partial charge in [-0.1, -0.05) is 23.8 Å². The summed E-state index contributed by atoms with van der Waals surface area (Å²) in [6.07, 6.45) is 1.69. The summed E-state index contributed by atoms with van der Waals surface area (Å²) in [7, 11) is 3.67. The Morgan fingerprint density at radius 2 is 1.59 bits per heavy atom. The molecule has 4 rings (SSSR count). The molecule has 1 aliphatic rings. The van der Waals surface area contributed by atoms with Gasteiger partial charge in [-0.05, 0) is 43.7 Å². The van der Waals surface area contributed by atoms with Crippen molar-refractivity contribution in [2.24, 2.45) is 0 Å². The highest BCUT2D eigenvalue weighted by atomic mass is 16.2. The fourth-order valence-corrected chi connectivity index (χ4v) is 3.18. The van der Waals surface area contributed by atoms with E-state index in [0.717, 1.165) is 16.9 Å². The summed E-state index contributed by atoms with van der Waals surface area (Å²) >= 11 is 0. The van der Waals surface area contributed by atoms with E-state index in [9.17, 15) is 4.79 Å². The van der Waals surface area contributed by atoms with Crippen LogP contribution in [0, 0.1) is 13.8 Å². The van der Waals surface area contributed by atoms with Crippen LogP contribution >= 0.6 is 0 Å². The summed E-state index contributed by atoms with van der Waals surface area (Å²) in [4.78, 5) is 25.5. The third kappa shape index (κ3) is 2.99. The summed E-state index contributed by atoms with van der Waals surface area (Å²) in [5.41, 5.74) is 5.35. The maximum Gasteiger partial charge on any atom is 0.260 e. The van der Waals surface area contributed by atoms with Gasteiger partial charge in [-0.3, -0.25) is 4.79 Å². The molecule has 1 N–H and O–H groups in total. The Bertz CT molecular complexity index is 1030. The molecule has 6 nitrogen and oxygen atoms in total. The van der Waals surface area contributed by atoms with Crippen LogP contribution < -0.4 is 15.1 Å². The Morgan fingerprint density at radius 1 is 0.889 bits per heavy atom. The second kappa shape index (κ2) is 6.39. The molecule has 1 aliphatic heterocycles. The van der Waals surface area contributed by atoms with E-state index in [-0.39, 0.29) is 5.91 Å². The minimum atomic E-state index is -0.0709. The van der Waals surface area contributed by atoms with E-state index in [1.54, 1.807) is 18.1 Å². The zero-order chi connectivity index (χ0) is 19.1. The summed E-state index contributed by atoms with van der Waals surface area (Å²) in [6, 6.07) is 13.9. The zero-order valence-electron chi connectivity index (χ0n) is 15.8. The first kappa shape index (κ1) is 17.0. The number of carbonyl (C=O) groups excluding carboxylic acids is 1. The number of aromatic nitrogens is 2. The summed E-state index contributed by atoms with van der Waals surface area (Å²) < 4.78 is 0. The molecule has 0 spiro atoms. The van der Waals surface area contributed by atoms with E-state index >= 15 is 0 Å². The number of hydrogen-bond donors (Lipinski definition) is 1. The van der Waals surface area contributed by atoms with Crippen molar-refractivity contribution in [3.05, 3.63) is 65.4 Å². The Hall–Kier alpha value is -3.41. The van der Waals surface area contributed by atoms with Gasteiger partial charge in [0.15, 0.2) is 5.82 Å². The van der Waals surface area contributed by atoms with E-state index in [1.807, 2.05) is 68.3 Å². The summed E-state index contributed by atoms with van der Waals surface area (Å²) in [5.74, 6) is 1.10. The summed E-state index contributed by atoms with van der Waals surface area (Å²) in [6.45, 7) is 4.06. The lowest BCUT2D eigenvalue weighted by atomic mass is 10.1. The monoisotopic (exact) mass is 359 g/mol. The maximum atomic E-state index is 12.9. The van der Waals surface area contributed by atoms with Crippen LogP contribution in [0.2, 0.25) is 0 Å². The first-order valence-electron chi connectivity index (χ1n) is 8.77. The minimum absolute atomic E-state index is 0.0709. The zero-order valence-corrected chi connectivity index (χ0v) is 15.8. The van der Waals surface area contributed by atoms with Crippen molar-refractivity contribution in [1.29, 1.82) is 0 Å². The standard InChI is InChI=1S/C21H21N5O/c1-13-5-8-15(9-6-13)23-21-22-12-18-19(24-21)25(3)17-11-14(2)7-10-16(17)20(27)26(18)4/h5-12H,1-4H3,(H,22,23,24). The van der Waals surface area contributed by atoms with Crippen molar-refractivity contribution in [3.8, 4) is 0 Å². The van der Waals surface area contributed by atoms with Gasteiger partial charge in [0.2, 0.25) is 5.95 Å². The number of hydrogen-bond acceptors (Lipinski definition) is 5. The smallest absolute Gasteiger partial charge is 0.260 e.